The number of hydrogen-bond acceptors (Lipinski definition) is 6. The summed E-state index contributed by atoms with van der Waals surface area (Å²) < 4.78 is 5.86. The Labute approximate surface area is 153 Å². The number of benzene rings is 1. The van der Waals surface area contributed by atoms with E-state index in [2.05, 4.69) is 0 Å². The number of likely N-dealkylation sites (tertiary alicyclic amines) is 1. The maximum absolute atomic E-state index is 12.9. The third-order valence-corrected chi connectivity index (χ3v) is 5.76. The zero-order valence-electron chi connectivity index (χ0n) is 14.1. The predicted molar refractivity (Wildman–Crippen MR) is 95.6 cm³/mol. The van der Waals surface area contributed by atoms with E-state index in [9.17, 15) is 24.8 Å². The number of methoxy groups -OCH3 is 1. The van der Waals surface area contributed by atoms with E-state index in [4.69, 9.17) is 4.74 Å². The van der Waals surface area contributed by atoms with Crippen LogP contribution in [0.5, 0.6) is 0 Å². The maximum atomic E-state index is 12.9. The Kier molecular flexibility index (Phi) is 4.92. The van der Waals surface area contributed by atoms with Crippen molar-refractivity contribution in [3.8, 4) is 0 Å². The van der Waals surface area contributed by atoms with Gasteiger partial charge in [-0.2, -0.15) is 0 Å². The first-order valence-electron chi connectivity index (χ1n) is 8.06. The lowest BCUT2D eigenvalue weighted by molar-refractivity contribution is -0.384. The number of ether oxygens (including phenoxy) is 1. The normalized spacial score (nSPS) is 20.3. The topological polar surface area (TPSA) is 110 Å². The zero-order chi connectivity index (χ0) is 18.9. The van der Waals surface area contributed by atoms with Gasteiger partial charge in [0.1, 0.15) is 5.41 Å². The monoisotopic (exact) mass is 378 g/mol. The number of piperidine rings is 1. The molecule has 1 unspecified atom stereocenters. The highest BCUT2D eigenvalue weighted by Gasteiger charge is 2.44. The summed E-state index contributed by atoms with van der Waals surface area (Å²) in [6, 6.07) is 6.09. The standard InChI is InChI=1S/C17H18N2O6S/c1-25-10-17(16(21)22)5-2-6-18(9-17)15(20)14-8-11-7-12(19(23)24)3-4-13(11)26-14/h3-4,7-8H,2,5-6,9-10H2,1H3,(H,21,22). The Morgan fingerprint density at radius 3 is 2.85 bits per heavy atom. The fourth-order valence-electron chi connectivity index (χ4n) is 3.34. The number of amides is 1. The molecule has 26 heavy (non-hydrogen) atoms. The second kappa shape index (κ2) is 7.00. The molecule has 1 amide bonds. The number of thiophene rings is 1. The number of carbonyl (C=O) groups is 2. The van der Waals surface area contributed by atoms with Crippen LogP contribution in [0.1, 0.15) is 22.5 Å². The van der Waals surface area contributed by atoms with Gasteiger partial charge in [-0.3, -0.25) is 19.7 Å². The molecule has 0 radical (unpaired) electrons. The molecule has 9 heteroatoms. The smallest absolute Gasteiger partial charge is 0.313 e. The highest BCUT2D eigenvalue weighted by molar-refractivity contribution is 7.20. The summed E-state index contributed by atoms with van der Waals surface area (Å²) in [4.78, 5) is 37.0. The van der Waals surface area contributed by atoms with Gasteiger partial charge in [0.15, 0.2) is 0 Å². The first-order chi connectivity index (χ1) is 12.4. The molecule has 2 aromatic rings. The minimum Gasteiger partial charge on any atom is -0.481 e. The number of rotatable bonds is 5. The molecular formula is C17H18N2O6S. The summed E-state index contributed by atoms with van der Waals surface area (Å²) in [5, 5.41) is 21.1. The highest BCUT2D eigenvalue weighted by atomic mass is 32.1. The molecule has 1 N–H and O–H groups in total. The number of nitrogens with zero attached hydrogens (tertiary/aromatic N) is 2. The lowest BCUT2D eigenvalue weighted by Gasteiger charge is -2.39. The van der Waals surface area contributed by atoms with Gasteiger partial charge in [0.25, 0.3) is 11.6 Å². The molecule has 1 aliphatic rings. The van der Waals surface area contributed by atoms with E-state index in [1.807, 2.05) is 0 Å². The second-order valence-electron chi connectivity index (χ2n) is 6.44. The lowest BCUT2D eigenvalue weighted by atomic mass is 9.80. The molecule has 0 aliphatic carbocycles. The van der Waals surface area contributed by atoms with Crippen LogP contribution in [-0.2, 0) is 9.53 Å². The first kappa shape index (κ1) is 18.3. The maximum Gasteiger partial charge on any atom is 0.313 e. The summed E-state index contributed by atoms with van der Waals surface area (Å²) in [5.41, 5.74) is -1.13. The van der Waals surface area contributed by atoms with E-state index in [0.717, 1.165) is 4.70 Å². The Hall–Kier alpha value is -2.52. The van der Waals surface area contributed by atoms with Gasteiger partial charge in [-0.1, -0.05) is 0 Å². The van der Waals surface area contributed by atoms with Crippen LogP contribution < -0.4 is 0 Å². The summed E-state index contributed by atoms with van der Waals surface area (Å²) in [6.45, 7) is 0.611. The molecule has 1 atom stereocenters. The molecule has 8 nitrogen and oxygen atoms in total. The fraction of sp³-hybridized carbons (Fsp3) is 0.412. The third kappa shape index (κ3) is 3.27. The molecule has 1 aliphatic heterocycles. The van der Waals surface area contributed by atoms with Gasteiger partial charge < -0.3 is 14.7 Å². The van der Waals surface area contributed by atoms with Crippen molar-refractivity contribution in [1.29, 1.82) is 0 Å². The van der Waals surface area contributed by atoms with Crippen molar-refractivity contribution in [2.45, 2.75) is 12.8 Å². The average Bonchev–Trinajstić information content (AvgIpc) is 3.04. The number of aliphatic carboxylic acids is 1. The van der Waals surface area contributed by atoms with E-state index in [1.54, 1.807) is 12.1 Å². The molecule has 0 saturated carbocycles. The van der Waals surface area contributed by atoms with Crippen molar-refractivity contribution in [1.82, 2.24) is 4.90 Å². The van der Waals surface area contributed by atoms with Gasteiger partial charge in [0, 0.05) is 42.4 Å². The van der Waals surface area contributed by atoms with E-state index in [0.29, 0.717) is 29.6 Å². The second-order valence-corrected chi connectivity index (χ2v) is 7.52. The predicted octanol–water partition coefficient (Wildman–Crippen LogP) is 2.76. The molecule has 0 bridgehead atoms. The van der Waals surface area contributed by atoms with Crippen LogP contribution in [0, 0.1) is 15.5 Å². The third-order valence-electron chi connectivity index (χ3n) is 4.66. The van der Waals surface area contributed by atoms with E-state index in [1.165, 1.54) is 35.5 Å². The van der Waals surface area contributed by atoms with Crippen LogP contribution in [-0.4, -0.2) is 53.6 Å². The van der Waals surface area contributed by atoms with E-state index in [-0.39, 0.29) is 24.7 Å². The van der Waals surface area contributed by atoms with Crippen molar-refractivity contribution in [2.24, 2.45) is 5.41 Å². The molecule has 1 aromatic carbocycles. The highest BCUT2D eigenvalue weighted by Crippen LogP contribution is 2.34. The van der Waals surface area contributed by atoms with Crippen LogP contribution >= 0.6 is 11.3 Å². The number of nitro groups is 1. The van der Waals surface area contributed by atoms with Crippen molar-refractivity contribution >= 4 is 39.0 Å². The van der Waals surface area contributed by atoms with Crippen molar-refractivity contribution in [3.05, 3.63) is 39.3 Å². The van der Waals surface area contributed by atoms with Crippen molar-refractivity contribution in [3.63, 3.8) is 0 Å². The number of hydrogen-bond donors (Lipinski definition) is 1. The Balaban J connectivity index is 1.87. The summed E-state index contributed by atoms with van der Waals surface area (Å²) >= 11 is 1.25. The summed E-state index contributed by atoms with van der Waals surface area (Å²) in [5.74, 6) is -1.22. The van der Waals surface area contributed by atoms with Crippen molar-refractivity contribution < 1.29 is 24.4 Å². The lowest BCUT2D eigenvalue weighted by Crippen LogP contribution is -2.52. The van der Waals surface area contributed by atoms with Gasteiger partial charge in [-0.25, -0.2) is 0 Å². The number of non-ortho nitro benzene ring substituents is 1. The number of carbonyl (C=O) groups excluding carboxylic acids is 1. The minimum atomic E-state index is -1.10. The molecule has 0 spiro atoms. The van der Waals surface area contributed by atoms with Gasteiger partial charge in [-0.05, 0) is 25.0 Å². The quantitative estimate of drug-likeness (QED) is 0.633. The average molecular weight is 378 g/mol. The van der Waals surface area contributed by atoms with Crippen LogP contribution in [0.4, 0.5) is 5.69 Å². The van der Waals surface area contributed by atoms with Crippen molar-refractivity contribution in [2.75, 3.05) is 26.8 Å². The van der Waals surface area contributed by atoms with Crippen LogP contribution in [0.3, 0.4) is 0 Å². The van der Waals surface area contributed by atoms with Gasteiger partial charge in [0.2, 0.25) is 0 Å². The number of carboxylic acids is 1. The van der Waals surface area contributed by atoms with Crippen LogP contribution in [0.15, 0.2) is 24.3 Å². The molecule has 138 valence electrons. The van der Waals surface area contributed by atoms with Gasteiger partial charge >= 0.3 is 5.97 Å². The summed E-state index contributed by atoms with van der Waals surface area (Å²) in [6.07, 6.45) is 1.04. The molecule has 1 saturated heterocycles. The SMILES string of the molecule is COCC1(C(=O)O)CCCN(C(=O)c2cc3cc([N+](=O)[O-])ccc3s2)C1. The Morgan fingerprint density at radius 1 is 1.42 bits per heavy atom. The van der Waals surface area contributed by atoms with Gasteiger partial charge in [-0.15, -0.1) is 11.3 Å². The van der Waals surface area contributed by atoms with Crippen LogP contribution in [0.2, 0.25) is 0 Å². The molecule has 1 aromatic heterocycles. The van der Waals surface area contributed by atoms with Gasteiger partial charge in [0.05, 0.1) is 16.4 Å². The number of nitro benzene ring substituents is 1. The number of carboxylic acid groups (broad SMARTS) is 1. The summed E-state index contributed by atoms with van der Waals surface area (Å²) in [7, 11) is 1.45. The minimum absolute atomic E-state index is 0.0303. The molecule has 3 rings (SSSR count). The Morgan fingerprint density at radius 2 is 2.19 bits per heavy atom. The van der Waals surface area contributed by atoms with Crippen LogP contribution in [0.25, 0.3) is 10.1 Å². The molecule has 1 fully saturated rings. The largest absolute Gasteiger partial charge is 0.481 e. The first-order valence-corrected chi connectivity index (χ1v) is 8.87. The molecular weight excluding hydrogens is 360 g/mol. The zero-order valence-corrected chi connectivity index (χ0v) is 15.0. The van der Waals surface area contributed by atoms with E-state index >= 15 is 0 Å². The molecule has 2 heterocycles. The van der Waals surface area contributed by atoms with E-state index < -0.39 is 16.3 Å². The Bertz CT molecular complexity index is 875. The number of fused-ring (bicyclic) bond motifs is 1. The fourth-order valence-corrected chi connectivity index (χ4v) is 4.35.